The van der Waals surface area contributed by atoms with Crippen LogP contribution in [0.1, 0.15) is 44.9 Å². The molecule has 6 heteroatoms. The van der Waals surface area contributed by atoms with Gasteiger partial charge in [0.2, 0.25) is 0 Å². The van der Waals surface area contributed by atoms with Crippen molar-refractivity contribution in [2.24, 2.45) is 5.73 Å². The molecule has 1 atom stereocenters. The van der Waals surface area contributed by atoms with E-state index < -0.39 is 7.60 Å². The maximum absolute atomic E-state index is 12.9. The van der Waals surface area contributed by atoms with E-state index in [0.717, 1.165) is 16.9 Å². The number of hydrogen-bond donors (Lipinski definition) is 1. The predicted molar refractivity (Wildman–Crippen MR) is 107 cm³/mol. The monoisotopic (exact) mass is 379 g/mol. The van der Waals surface area contributed by atoms with E-state index in [9.17, 15) is 4.57 Å². The lowest BCUT2D eigenvalue weighted by molar-refractivity contribution is 0.230. The van der Waals surface area contributed by atoms with Crippen LogP contribution in [0, 0.1) is 0 Å². The molecule has 0 radical (unpaired) electrons. The van der Waals surface area contributed by atoms with Crippen LogP contribution in [0.25, 0.3) is 0 Å². The second kappa shape index (κ2) is 11.1. The summed E-state index contributed by atoms with van der Waals surface area (Å²) >= 11 is 0. The molecular weight excluding hydrogens is 349 g/mol. The van der Waals surface area contributed by atoms with E-state index in [1.54, 1.807) is 33.1 Å². The molecule has 2 aromatic carbocycles. The van der Waals surface area contributed by atoms with E-state index in [-0.39, 0.29) is 6.04 Å². The van der Waals surface area contributed by atoms with E-state index in [1.807, 2.05) is 50.2 Å². The summed E-state index contributed by atoms with van der Waals surface area (Å²) in [5, 5.41) is 0.521. The van der Waals surface area contributed by atoms with Crippen molar-refractivity contribution >= 4 is 12.9 Å². The van der Waals surface area contributed by atoms with Crippen LogP contribution in [0.5, 0.6) is 5.75 Å². The van der Waals surface area contributed by atoms with Gasteiger partial charge in [-0.2, -0.15) is 0 Å². The van der Waals surface area contributed by atoms with Gasteiger partial charge in [0.1, 0.15) is 5.75 Å². The van der Waals surface area contributed by atoms with Crippen molar-refractivity contribution in [1.82, 2.24) is 0 Å². The average Bonchev–Trinajstić information content (AvgIpc) is 2.69. The number of hydrogen-bond acceptors (Lipinski definition) is 5. The zero-order valence-corrected chi connectivity index (χ0v) is 17.2. The van der Waals surface area contributed by atoms with Gasteiger partial charge < -0.3 is 19.5 Å². The highest BCUT2D eigenvalue weighted by molar-refractivity contribution is 7.62. The Bertz CT molecular complexity index is 693. The van der Waals surface area contributed by atoms with E-state index in [1.165, 1.54) is 0 Å². The van der Waals surface area contributed by atoms with Crippen molar-refractivity contribution in [3.63, 3.8) is 0 Å². The van der Waals surface area contributed by atoms with Crippen LogP contribution in [0.15, 0.2) is 48.5 Å². The first kappa shape index (κ1) is 22.4. The van der Waals surface area contributed by atoms with Gasteiger partial charge in [0.05, 0.1) is 31.7 Å². The van der Waals surface area contributed by atoms with Gasteiger partial charge >= 0.3 is 7.60 Å². The van der Waals surface area contributed by atoms with Crippen LogP contribution >= 0.6 is 7.60 Å². The molecule has 0 aliphatic heterocycles. The maximum Gasteiger partial charge on any atom is 0.361 e. The van der Waals surface area contributed by atoms with Crippen molar-refractivity contribution in [3.8, 4) is 5.75 Å². The van der Waals surface area contributed by atoms with E-state index >= 15 is 0 Å². The summed E-state index contributed by atoms with van der Waals surface area (Å²) in [6.45, 7) is 8.20. The lowest BCUT2D eigenvalue weighted by Crippen LogP contribution is -2.16. The predicted octanol–water partition coefficient (Wildman–Crippen LogP) is 4.66. The molecule has 0 aromatic heterocycles. The lowest BCUT2D eigenvalue weighted by Gasteiger charge is -2.19. The average molecular weight is 379 g/mol. The minimum atomic E-state index is -3.32. The molecule has 0 spiro atoms. The fraction of sp³-hybridized carbons (Fsp3) is 0.400. The van der Waals surface area contributed by atoms with Gasteiger partial charge in [-0.25, -0.2) is 0 Å². The van der Waals surface area contributed by atoms with Crippen molar-refractivity contribution in [2.75, 3.05) is 20.3 Å². The number of rotatable bonds is 8. The Morgan fingerprint density at radius 1 is 0.962 bits per heavy atom. The topological polar surface area (TPSA) is 70.8 Å². The number of benzene rings is 2. The first-order chi connectivity index (χ1) is 12.5. The number of methoxy groups -OCH3 is 1. The first-order valence-corrected chi connectivity index (χ1v) is 10.5. The van der Waals surface area contributed by atoms with Gasteiger partial charge in [0.25, 0.3) is 0 Å². The molecule has 2 N–H and O–H groups in total. The largest absolute Gasteiger partial charge is 0.497 e. The van der Waals surface area contributed by atoms with Crippen LogP contribution in [-0.4, -0.2) is 20.3 Å². The van der Waals surface area contributed by atoms with Gasteiger partial charge in [0.15, 0.2) is 0 Å². The molecule has 2 aromatic rings. The van der Waals surface area contributed by atoms with Gasteiger partial charge in [0, 0.05) is 0 Å². The highest BCUT2D eigenvalue weighted by Gasteiger charge is 2.27. The molecule has 0 heterocycles. The lowest BCUT2D eigenvalue weighted by atomic mass is 10.00. The maximum atomic E-state index is 12.9. The summed E-state index contributed by atoms with van der Waals surface area (Å²) in [7, 11) is -1.70. The van der Waals surface area contributed by atoms with Gasteiger partial charge in [-0.05, 0) is 49.2 Å². The van der Waals surface area contributed by atoms with Crippen LogP contribution in [-0.2, 0) is 13.6 Å². The van der Waals surface area contributed by atoms with E-state index in [0.29, 0.717) is 18.5 Å². The third-order valence-electron chi connectivity index (χ3n) is 3.62. The third kappa shape index (κ3) is 5.68. The van der Waals surface area contributed by atoms with Gasteiger partial charge in [-0.3, -0.25) is 4.57 Å². The second-order valence-electron chi connectivity index (χ2n) is 5.18. The minimum Gasteiger partial charge on any atom is -0.497 e. The zero-order valence-electron chi connectivity index (χ0n) is 16.3. The van der Waals surface area contributed by atoms with Crippen LogP contribution in [0.2, 0.25) is 0 Å². The van der Waals surface area contributed by atoms with Gasteiger partial charge in [-0.15, -0.1) is 0 Å². The Morgan fingerprint density at radius 3 is 2.04 bits per heavy atom. The van der Waals surface area contributed by atoms with Crippen molar-refractivity contribution in [1.29, 1.82) is 0 Å². The Balaban J connectivity index is 0.00000163. The summed E-state index contributed by atoms with van der Waals surface area (Å²) in [6.07, 6.45) is 0. The molecule has 0 aliphatic rings. The molecule has 0 amide bonds. The molecule has 5 nitrogen and oxygen atoms in total. The Kier molecular flexibility index (Phi) is 9.60. The number of nitrogens with two attached hydrogens (primary N) is 1. The van der Waals surface area contributed by atoms with Crippen molar-refractivity contribution < 1.29 is 18.3 Å². The Morgan fingerprint density at radius 2 is 1.54 bits per heavy atom. The SMILES string of the molecule is CC.CCOP(=O)(OCC)c1cccc(C(N)c2ccc(OC)cc2)c1. The molecule has 0 saturated carbocycles. The highest BCUT2D eigenvalue weighted by Crippen LogP contribution is 2.47. The van der Waals surface area contributed by atoms with Gasteiger partial charge in [-0.1, -0.05) is 38.1 Å². The Hall–Kier alpha value is -1.65. The fourth-order valence-corrected chi connectivity index (χ4v) is 4.05. The fourth-order valence-electron chi connectivity index (χ4n) is 2.42. The molecular formula is C20H30NO4P. The summed E-state index contributed by atoms with van der Waals surface area (Å²) in [5.74, 6) is 0.775. The third-order valence-corrected chi connectivity index (χ3v) is 5.73. The molecule has 1 unspecified atom stereocenters. The van der Waals surface area contributed by atoms with Crippen LogP contribution in [0.4, 0.5) is 0 Å². The van der Waals surface area contributed by atoms with E-state index in [2.05, 4.69) is 0 Å². The molecule has 0 bridgehead atoms. The quantitative estimate of drug-likeness (QED) is 0.676. The second-order valence-corrected chi connectivity index (χ2v) is 7.21. The molecule has 26 heavy (non-hydrogen) atoms. The molecule has 0 saturated heterocycles. The summed E-state index contributed by atoms with van der Waals surface area (Å²) in [5.41, 5.74) is 8.14. The standard InChI is InChI=1S/C18H24NO4P.C2H6/c1-4-22-24(20,23-5-2)17-8-6-7-15(13-17)18(19)14-9-11-16(21-3)12-10-14;1-2/h6-13,18H,4-5,19H2,1-3H3;1-2H3. The van der Waals surface area contributed by atoms with Crippen LogP contribution in [0.3, 0.4) is 0 Å². The molecule has 144 valence electrons. The molecule has 0 aliphatic carbocycles. The first-order valence-electron chi connectivity index (χ1n) is 8.93. The normalized spacial score (nSPS) is 12.1. The number of ether oxygens (including phenoxy) is 1. The van der Waals surface area contributed by atoms with Crippen LogP contribution < -0.4 is 15.8 Å². The smallest absolute Gasteiger partial charge is 0.361 e. The van der Waals surface area contributed by atoms with Crippen molar-refractivity contribution in [2.45, 2.75) is 33.7 Å². The molecule has 0 fully saturated rings. The minimum absolute atomic E-state index is 0.312. The summed E-state index contributed by atoms with van der Waals surface area (Å²) < 4.78 is 28.9. The zero-order chi connectivity index (χ0) is 19.6. The summed E-state index contributed by atoms with van der Waals surface area (Å²) in [6, 6.07) is 14.5. The van der Waals surface area contributed by atoms with Crippen molar-refractivity contribution in [3.05, 3.63) is 59.7 Å². The molecule has 2 rings (SSSR count). The summed E-state index contributed by atoms with van der Waals surface area (Å²) in [4.78, 5) is 0. The van der Waals surface area contributed by atoms with E-state index in [4.69, 9.17) is 19.5 Å². The highest BCUT2D eigenvalue weighted by atomic mass is 31.2. The Labute approximate surface area is 157 Å².